The number of carbonyl (C=O) groups is 3. The zero-order valence-electron chi connectivity index (χ0n) is 21.6. The standard InChI is InChI=1S/C24H32F5NO10/c25-19-20(26)22(28)24(23(29)21(19)27)40-18(34)4-7-36-9-11-38-13-15-39-14-12-37-10-8-35-6-1-5-30-16(31)2-3-17(32)33/h1-15H2,(H,30,31)(H,32,33). The number of aliphatic carboxylic acids is 1. The fourth-order valence-electron chi connectivity index (χ4n) is 2.69. The van der Waals surface area contributed by atoms with Crippen LogP contribution in [-0.4, -0.2) is 95.6 Å². The van der Waals surface area contributed by atoms with Crippen molar-refractivity contribution in [3.05, 3.63) is 29.1 Å². The Morgan fingerprint density at radius 1 is 0.575 bits per heavy atom. The van der Waals surface area contributed by atoms with E-state index in [-0.39, 0.29) is 51.8 Å². The van der Waals surface area contributed by atoms with Crippen LogP contribution in [0.2, 0.25) is 0 Å². The van der Waals surface area contributed by atoms with Crippen molar-refractivity contribution in [2.75, 3.05) is 72.6 Å². The largest absolute Gasteiger partial charge is 0.481 e. The molecule has 16 heteroatoms. The number of halogens is 5. The molecule has 0 fully saturated rings. The Hall–Kier alpha value is -2.92. The molecule has 0 heterocycles. The molecule has 228 valence electrons. The molecular formula is C24H32F5NO10. The third-order valence-corrected chi connectivity index (χ3v) is 4.68. The molecule has 11 nitrogen and oxygen atoms in total. The molecule has 1 rings (SSSR count). The van der Waals surface area contributed by atoms with Crippen molar-refractivity contribution < 1.29 is 69.9 Å². The Morgan fingerprint density at radius 2 is 1.00 bits per heavy atom. The van der Waals surface area contributed by atoms with Gasteiger partial charge in [0.2, 0.25) is 40.7 Å². The Balaban J connectivity index is 1.88. The molecule has 40 heavy (non-hydrogen) atoms. The minimum Gasteiger partial charge on any atom is -0.481 e. The molecule has 0 aliphatic carbocycles. The van der Waals surface area contributed by atoms with E-state index >= 15 is 0 Å². The smallest absolute Gasteiger partial charge is 0.313 e. The summed E-state index contributed by atoms with van der Waals surface area (Å²) in [5.74, 6) is -15.5. The number of nitrogens with one attached hydrogen (secondary N) is 1. The van der Waals surface area contributed by atoms with E-state index in [0.717, 1.165) is 0 Å². The summed E-state index contributed by atoms with van der Waals surface area (Å²) in [5.41, 5.74) is 0. The lowest BCUT2D eigenvalue weighted by molar-refractivity contribution is -0.139. The number of esters is 1. The number of ether oxygens (including phenoxy) is 6. The highest BCUT2D eigenvalue weighted by Crippen LogP contribution is 2.29. The van der Waals surface area contributed by atoms with Crippen LogP contribution >= 0.6 is 0 Å². The Morgan fingerprint density at radius 3 is 1.48 bits per heavy atom. The molecule has 0 aliphatic rings. The van der Waals surface area contributed by atoms with Gasteiger partial charge in [0.25, 0.3) is 0 Å². The zero-order chi connectivity index (χ0) is 29.8. The van der Waals surface area contributed by atoms with Crippen molar-refractivity contribution in [3.63, 3.8) is 0 Å². The number of benzene rings is 1. The number of carboxylic acids is 1. The number of rotatable bonds is 23. The summed E-state index contributed by atoms with van der Waals surface area (Å²) in [6.45, 7) is 2.72. The minimum absolute atomic E-state index is 0.0548. The van der Waals surface area contributed by atoms with E-state index in [2.05, 4.69) is 10.1 Å². The van der Waals surface area contributed by atoms with E-state index in [1.165, 1.54) is 0 Å². The van der Waals surface area contributed by atoms with E-state index in [1.54, 1.807) is 0 Å². The molecule has 0 saturated carbocycles. The van der Waals surface area contributed by atoms with Crippen molar-refractivity contribution in [2.24, 2.45) is 0 Å². The summed E-state index contributed by atoms with van der Waals surface area (Å²) in [6, 6.07) is 0. The molecule has 2 N–H and O–H groups in total. The second-order valence-corrected chi connectivity index (χ2v) is 7.78. The number of amides is 1. The first-order valence-electron chi connectivity index (χ1n) is 12.2. The number of carboxylic acid groups (broad SMARTS) is 1. The lowest BCUT2D eigenvalue weighted by Gasteiger charge is -2.09. The number of hydrogen-bond donors (Lipinski definition) is 2. The molecular weight excluding hydrogens is 557 g/mol. The molecule has 0 atom stereocenters. The number of hydrogen-bond acceptors (Lipinski definition) is 9. The maximum absolute atomic E-state index is 13.5. The van der Waals surface area contributed by atoms with E-state index in [0.29, 0.717) is 46.0 Å². The highest BCUT2D eigenvalue weighted by atomic mass is 19.2. The van der Waals surface area contributed by atoms with E-state index in [9.17, 15) is 36.3 Å². The van der Waals surface area contributed by atoms with Crippen molar-refractivity contribution in [3.8, 4) is 5.75 Å². The van der Waals surface area contributed by atoms with Gasteiger partial charge in [-0.3, -0.25) is 14.4 Å². The van der Waals surface area contributed by atoms with Crippen LogP contribution in [0.25, 0.3) is 0 Å². The summed E-state index contributed by atoms with van der Waals surface area (Å²) in [6.07, 6.45) is -0.170. The van der Waals surface area contributed by atoms with Gasteiger partial charge in [-0.15, -0.1) is 0 Å². The Kier molecular flexibility index (Phi) is 18.4. The van der Waals surface area contributed by atoms with Crippen LogP contribution in [0.1, 0.15) is 25.7 Å². The molecule has 0 aromatic heterocycles. The second kappa shape index (κ2) is 20.9. The van der Waals surface area contributed by atoms with Crippen molar-refractivity contribution in [1.29, 1.82) is 0 Å². The SMILES string of the molecule is O=C(O)CCC(=O)NCCCOCCOCCOCCOCCOCCC(=O)Oc1c(F)c(F)c(F)c(F)c1F. The summed E-state index contributed by atoms with van der Waals surface area (Å²) < 4.78 is 96.7. The van der Waals surface area contributed by atoms with Gasteiger partial charge in [0, 0.05) is 19.6 Å². The quantitative estimate of drug-likeness (QED) is 0.0488. The molecule has 1 amide bonds. The lowest BCUT2D eigenvalue weighted by atomic mass is 10.2. The third kappa shape index (κ3) is 15.0. The van der Waals surface area contributed by atoms with E-state index in [1.807, 2.05) is 0 Å². The molecule has 1 aromatic carbocycles. The van der Waals surface area contributed by atoms with Gasteiger partial charge >= 0.3 is 11.9 Å². The fraction of sp³-hybridized carbons (Fsp3) is 0.625. The first kappa shape index (κ1) is 35.1. The van der Waals surface area contributed by atoms with Gasteiger partial charge in [0.05, 0.1) is 72.3 Å². The fourth-order valence-corrected chi connectivity index (χ4v) is 2.69. The summed E-state index contributed by atoms with van der Waals surface area (Å²) >= 11 is 0. The van der Waals surface area contributed by atoms with Gasteiger partial charge in [0.1, 0.15) is 0 Å². The summed E-state index contributed by atoms with van der Waals surface area (Å²) in [5, 5.41) is 11.1. The Labute approximate surface area is 226 Å². The monoisotopic (exact) mass is 589 g/mol. The highest BCUT2D eigenvalue weighted by Gasteiger charge is 2.28. The van der Waals surface area contributed by atoms with Crippen LogP contribution in [0.4, 0.5) is 22.0 Å². The van der Waals surface area contributed by atoms with Gasteiger partial charge in [-0.05, 0) is 6.42 Å². The van der Waals surface area contributed by atoms with Crippen LogP contribution in [0, 0.1) is 29.1 Å². The van der Waals surface area contributed by atoms with Crippen molar-refractivity contribution in [1.82, 2.24) is 5.32 Å². The van der Waals surface area contributed by atoms with E-state index < -0.39 is 53.2 Å². The molecule has 0 unspecified atom stereocenters. The van der Waals surface area contributed by atoms with Gasteiger partial charge < -0.3 is 38.8 Å². The first-order valence-corrected chi connectivity index (χ1v) is 12.2. The van der Waals surface area contributed by atoms with Crippen LogP contribution < -0.4 is 10.1 Å². The van der Waals surface area contributed by atoms with E-state index in [4.69, 9.17) is 28.8 Å². The highest BCUT2D eigenvalue weighted by molar-refractivity contribution is 5.80. The van der Waals surface area contributed by atoms with Crippen LogP contribution in [0.3, 0.4) is 0 Å². The average Bonchev–Trinajstić information content (AvgIpc) is 2.93. The molecule has 0 spiro atoms. The first-order chi connectivity index (χ1) is 19.1. The topological polar surface area (TPSA) is 139 Å². The lowest BCUT2D eigenvalue weighted by Crippen LogP contribution is -2.25. The van der Waals surface area contributed by atoms with Crippen molar-refractivity contribution in [2.45, 2.75) is 25.7 Å². The third-order valence-electron chi connectivity index (χ3n) is 4.68. The predicted molar refractivity (Wildman–Crippen MR) is 125 cm³/mol. The van der Waals surface area contributed by atoms with Gasteiger partial charge in [0.15, 0.2) is 0 Å². The van der Waals surface area contributed by atoms with Crippen LogP contribution in [-0.2, 0) is 38.1 Å². The Bertz CT molecular complexity index is 909. The average molecular weight is 590 g/mol. The zero-order valence-corrected chi connectivity index (χ0v) is 21.6. The van der Waals surface area contributed by atoms with Crippen molar-refractivity contribution >= 4 is 17.8 Å². The normalized spacial score (nSPS) is 11.0. The van der Waals surface area contributed by atoms with Gasteiger partial charge in [-0.1, -0.05) is 0 Å². The van der Waals surface area contributed by atoms with Gasteiger partial charge in [-0.25, -0.2) is 13.2 Å². The molecule has 0 radical (unpaired) electrons. The summed E-state index contributed by atoms with van der Waals surface area (Å²) in [7, 11) is 0. The second-order valence-electron chi connectivity index (χ2n) is 7.78. The summed E-state index contributed by atoms with van der Waals surface area (Å²) in [4.78, 5) is 33.3. The van der Waals surface area contributed by atoms with Crippen LogP contribution in [0.15, 0.2) is 0 Å². The molecule has 1 aromatic rings. The maximum atomic E-state index is 13.5. The number of carbonyl (C=O) groups excluding carboxylic acids is 2. The van der Waals surface area contributed by atoms with Crippen LogP contribution in [0.5, 0.6) is 5.75 Å². The maximum Gasteiger partial charge on any atom is 0.313 e. The molecule has 0 saturated heterocycles. The molecule has 0 aliphatic heterocycles. The minimum atomic E-state index is -2.36. The molecule has 0 bridgehead atoms. The van der Waals surface area contributed by atoms with Gasteiger partial charge in [-0.2, -0.15) is 8.78 Å². The predicted octanol–water partition coefficient (Wildman–Crippen LogP) is 2.13.